The lowest BCUT2D eigenvalue weighted by molar-refractivity contribution is 0.202. The molecule has 4 N–H and O–H groups in total. The first-order valence-corrected chi connectivity index (χ1v) is 5.57. The molecule has 0 radical (unpaired) electrons. The van der Waals surface area contributed by atoms with Crippen LogP contribution < -0.4 is 10.6 Å². The quantitative estimate of drug-likeness (QED) is 0.627. The maximum absolute atomic E-state index is 9.11. The molecule has 0 aliphatic heterocycles. The highest BCUT2D eigenvalue weighted by atomic mass is 16.5. The number of H-pyrrole nitrogens is 1. The van der Waals surface area contributed by atoms with Gasteiger partial charge in [0.15, 0.2) is 5.65 Å². The number of rotatable bonds is 6. The maximum Gasteiger partial charge on any atom is 0.224 e. The molecule has 2 aromatic heterocycles. The fourth-order valence-corrected chi connectivity index (χ4v) is 1.72. The molecule has 0 aromatic carbocycles. The van der Waals surface area contributed by atoms with Crippen molar-refractivity contribution in [3.05, 3.63) is 6.20 Å². The van der Waals surface area contributed by atoms with Gasteiger partial charge in [0.05, 0.1) is 24.8 Å². The molecule has 0 atom stereocenters. The van der Waals surface area contributed by atoms with Gasteiger partial charge in [0.25, 0.3) is 0 Å². The smallest absolute Gasteiger partial charge is 0.224 e. The van der Waals surface area contributed by atoms with Crippen molar-refractivity contribution in [2.45, 2.75) is 0 Å². The van der Waals surface area contributed by atoms with E-state index in [4.69, 9.17) is 15.6 Å². The number of fused-ring (bicyclic) bond motifs is 1. The van der Waals surface area contributed by atoms with Crippen molar-refractivity contribution in [2.24, 2.45) is 0 Å². The van der Waals surface area contributed by atoms with Gasteiger partial charge < -0.3 is 20.5 Å². The number of nitrogen functional groups attached to an aromatic ring is 1. The molecule has 0 unspecified atom stereocenters. The molecule has 0 bridgehead atoms. The SMILES string of the molecule is COCCN(CCO)c1nc(N)nc2[nH]ncc12. The maximum atomic E-state index is 9.11. The van der Waals surface area contributed by atoms with Gasteiger partial charge in [-0.05, 0) is 0 Å². The first-order valence-electron chi connectivity index (χ1n) is 5.57. The van der Waals surface area contributed by atoms with Crippen LogP contribution in [0.3, 0.4) is 0 Å². The highest BCUT2D eigenvalue weighted by Gasteiger charge is 2.14. The summed E-state index contributed by atoms with van der Waals surface area (Å²) in [6.45, 7) is 1.60. The Hall–Kier alpha value is -1.93. The zero-order chi connectivity index (χ0) is 13.0. The number of hydrogen-bond acceptors (Lipinski definition) is 7. The number of aromatic amines is 1. The first-order chi connectivity index (χ1) is 8.76. The van der Waals surface area contributed by atoms with Gasteiger partial charge in [-0.2, -0.15) is 15.1 Å². The molecule has 0 saturated heterocycles. The lowest BCUT2D eigenvalue weighted by atomic mass is 10.3. The van der Waals surface area contributed by atoms with Crippen LogP contribution in [0.5, 0.6) is 0 Å². The molecule has 0 spiro atoms. The molecular weight excluding hydrogens is 236 g/mol. The molecule has 18 heavy (non-hydrogen) atoms. The Morgan fingerprint density at radius 3 is 3.00 bits per heavy atom. The van der Waals surface area contributed by atoms with E-state index < -0.39 is 0 Å². The molecular formula is C10H16N6O2. The van der Waals surface area contributed by atoms with Gasteiger partial charge in [-0.3, -0.25) is 5.10 Å². The van der Waals surface area contributed by atoms with Crippen molar-refractivity contribution in [1.29, 1.82) is 0 Å². The number of nitrogens with zero attached hydrogens (tertiary/aromatic N) is 4. The Labute approximate surface area is 104 Å². The van der Waals surface area contributed by atoms with Crippen LogP contribution in [0, 0.1) is 0 Å². The van der Waals surface area contributed by atoms with E-state index >= 15 is 0 Å². The summed E-state index contributed by atoms with van der Waals surface area (Å²) in [5.74, 6) is 0.819. The molecule has 8 nitrogen and oxygen atoms in total. The highest BCUT2D eigenvalue weighted by molar-refractivity contribution is 5.87. The molecule has 0 aliphatic carbocycles. The minimum atomic E-state index is 0.0208. The standard InChI is InChI=1S/C10H16N6O2/c1-18-5-3-16(2-4-17)9-7-6-12-15-8(7)13-10(11)14-9/h6,17H,2-5H2,1H3,(H3,11,12,13,14,15). The van der Waals surface area contributed by atoms with Crippen molar-refractivity contribution in [3.63, 3.8) is 0 Å². The third-order valence-corrected chi connectivity index (χ3v) is 2.54. The molecule has 98 valence electrons. The summed E-state index contributed by atoms with van der Waals surface area (Å²) >= 11 is 0. The summed E-state index contributed by atoms with van der Waals surface area (Å²) in [5, 5.41) is 16.6. The number of aliphatic hydroxyl groups excluding tert-OH is 1. The third kappa shape index (κ3) is 2.49. The van der Waals surface area contributed by atoms with Crippen molar-refractivity contribution in [3.8, 4) is 0 Å². The Kier molecular flexibility index (Phi) is 3.90. The third-order valence-electron chi connectivity index (χ3n) is 2.54. The van der Waals surface area contributed by atoms with Gasteiger partial charge >= 0.3 is 0 Å². The van der Waals surface area contributed by atoms with Crippen LogP contribution in [0.1, 0.15) is 0 Å². The summed E-state index contributed by atoms with van der Waals surface area (Å²) in [5.41, 5.74) is 6.24. The van der Waals surface area contributed by atoms with Crippen molar-refractivity contribution < 1.29 is 9.84 Å². The summed E-state index contributed by atoms with van der Waals surface area (Å²) < 4.78 is 5.04. The highest BCUT2D eigenvalue weighted by Crippen LogP contribution is 2.22. The van der Waals surface area contributed by atoms with E-state index in [2.05, 4.69) is 20.2 Å². The Balaban J connectivity index is 2.38. The molecule has 2 rings (SSSR count). The van der Waals surface area contributed by atoms with Gasteiger partial charge in [-0.25, -0.2) is 0 Å². The first kappa shape index (κ1) is 12.5. The van der Waals surface area contributed by atoms with Gasteiger partial charge in [0.2, 0.25) is 5.95 Å². The van der Waals surface area contributed by atoms with Crippen LogP contribution in [0.2, 0.25) is 0 Å². The Morgan fingerprint density at radius 1 is 1.44 bits per heavy atom. The molecule has 0 fully saturated rings. The van der Waals surface area contributed by atoms with Crippen molar-refractivity contribution in [1.82, 2.24) is 20.2 Å². The second-order valence-corrected chi connectivity index (χ2v) is 3.74. The van der Waals surface area contributed by atoms with Crippen LogP contribution in [-0.4, -0.2) is 58.7 Å². The summed E-state index contributed by atoms with van der Waals surface area (Å²) in [4.78, 5) is 10.1. The van der Waals surface area contributed by atoms with Crippen LogP contribution in [0.15, 0.2) is 6.20 Å². The van der Waals surface area contributed by atoms with Crippen molar-refractivity contribution >= 4 is 22.8 Å². The van der Waals surface area contributed by atoms with E-state index in [1.54, 1.807) is 13.3 Å². The van der Waals surface area contributed by atoms with E-state index in [9.17, 15) is 0 Å². The largest absolute Gasteiger partial charge is 0.395 e. The normalized spacial score (nSPS) is 11.0. The van der Waals surface area contributed by atoms with Crippen LogP contribution in [0.25, 0.3) is 11.0 Å². The predicted octanol–water partition coefficient (Wildman–Crippen LogP) is -0.620. The summed E-state index contributed by atoms with van der Waals surface area (Å²) in [6.07, 6.45) is 1.64. The summed E-state index contributed by atoms with van der Waals surface area (Å²) in [6, 6.07) is 0. The second-order valence-electron chi connectivity index (χ2n) is 3.74. The van der Waals surface area contributed by atoms with Gasteiger partial charge in [-0.1, -0.05) is 0 Å². The van der Waals surface area contributed by atoms with E-state index in [1.807, 2.05) is 4.90 Å². The van der Waals surface area contributed by atoms with Crippen LogP contribution in [-0.2, 0) is 4.74 Å². The minimum Gasteiger partial charge on any atom is -0.395 e. The fourth-order valence-electron chi connectivity index (χ4n) is 1.72. The van der Waals surface area contributed by atoms with Crippen LogP contribution >= 0.6 is 0 Å². The lowest BCUT2D eigenvalue weighted by Gasteiger charge is -2.22. The van der Waals surface area contributed by atoms with E-state index in [1.165, 1.54) is 0 Å². The number of anilines is 2. The van der Waals surface area contributed by atoms with E-state index in [-0.39, 0.29) is 12.6 Å². The molecule has 8 heteroatoms. The molecule has 0 saturated carbocycles. The van der Waals surface area contributed by atoms with E-state index in [0.29, 0.717) is 31.2 Å². The second kappa shape index (κ2) is 5.61. The molecule has 0 amide bonds. The van der Waals surface area contributed by atoms with Gasteiger partial charge in [0, 0.05) is 20.2 Å². The average Bonchev–Trinajstić information content (AvgIpc) is 2.81. The molecule has 2 heterocycles. The number of aliphatic hydroxyl groups is 1. The zero-order valence-electron chi connectivity index (χ0n) is 10.1. The monoisotopic (exact) mass is 252 g/mol. The Bertz CT molecular complexity index is 514. The summed E-state index contributed by atoms with van der Waals surface area (Å²) in [7, 11) is 1.62. The zero-order valence-corrected chi connectivity index (χ0v) is 10.1. The Morgan fingerprint density at radius 2 is 2.28 bits per heavy atom. The topological polar surface area (TPSA) is 113 Å². The molecule has 2 aromatic rings. The molecule has 0 aliphatic rings. The van der Waals surface area contributed by atoms with E-state index in [0.717, 1.165) is 5.39 Å². The van der Waals surface area contributed by atoms with Crippen LogP contribution in [0.4, 0.5) is 11.8 Å². The lowest BCUT2D eigenvalue weighted by Crippen LogP contribution is -2.31. The number of aromatic nitrogens is 4. The number of methoxy groups -OCH3 is 1. The number of nitrogens with two attached hydrogens (primary N) is 1. The van der Waals surface area contributed by atoms with Gasteiger partial charge in [0.1, 0.15) is 5.82 Å². The fraction of sp³-hybridized carbons (Fsp3) is 0.500. The van der Waals surface area contributed by atoms with Crippen molar-refractivity contribution in [2.75, 3.05) is 44.0 Å². The average molecular weight is 252 g/mol. The minimum absolute atomic E-state index is 0.0208. The number of nitrogens with one attached hydrogen (secondary N) is 1. The van der Waals surface area contributed by atoms with Gasteiger partial charge in [-0.15, -0.1) is 0 Å². The predicted molar refractivity (Wildman–Crippen MR) is 67.3 cm³/mol. The number of hydrogen-bond donors (Lipinski definition) is 3. The number of ether oxygens (including phenoxy) is 1.